The Hall–Kier alpha value is -0.410. The fourth-order valence-electron chi connectivity index (χ4n) is 2.91. The number of carbonyl (C=O) groups is 1. The zero-order valence-corrected chi connectivity index (χ0v) is 13.1. The second-order valence-corrected chi connectivity index (χ2v) is 4.96. The van der Waals surface area contributed by atoms with Crippen molar-refractivity contribution in [3.05, 3.63) is 0 Å². The van der Waals surface area contributed by atoms with Gasteiger partial charge in [0.2, 0.25) is 0 Å². The molecule has 0 aromatic rings. The summed E-state index contributed by atoms with van der Waals surface area (Å²) in [6, 6.07) is 0. The minimum absolute atomic E-state index is 0.0745. The molecule has 0 saturated heterocycles. The number of methoxy groups -OCH3 is 1. The van der Waals surface area contributed by atoms with Gasteiger partial charge in [0.1, 0.15) is 0 Å². The highest BCUT2D eigenvalue weighted by molar-refractivity contribution is 5.90. The average Bonchev–Trinajstić information content (AvgIpc) is 2.41. The first kappa shape index (κ1) is 17.6. The summed E-state index contributed by atoms with van der Waals surface area (Å²) in [6.45, 7) is 13.1. The Labute approximate surface area is 113 Å². The monoisotopic (exact) mass is 257 g/mol. The summed E-state index contributed by atoms with van der Waals surface area (Å²) in [5.41, 5.74) is -0.281. The van der Waals surface area contributed by atoms with Crippen LogP contribution in [0.3, 0.4) is 0 Å². The van der Waals surface area contributed by atoms with Crippen molar-refractivity contribution in [3.8, 4) is 0 Å². The zero-order chi connectivity index (χ0) is 14.2. The topological polar surface area (TPSA) is 29.5 Å². The van der Waals surface area contributed by atoms with E-state index < -0.39 is 0 Å². The Kier molecular flexibility index (Phi) is 8.45. The summed E-state index contributed by atoms with van der Waals surface area (Å²) in [6.07, 6.45) is 2.60. The van der Waals surface area contributed by atoms with Gasteiger partial charge in [-0.2, -0.15) is 0 Å². The molecule has 0 rings (SSSR count). The van der Waals surface area contributed by atoms with E-state index in [1.807, 2.05) is 6.92 Å². The van der Waals surface area contributed by atoms with Gasteiger partial charge in [-0.3, -0.25) is 9.69 Å². The van der Waals surface area contributed by atoms with Gasteiger partial charge in [-0.15, -0.1) is 0 Å². The quantitative estimate of drug-likeness (QED) is 0.602. The van der Waals surface area contributed by atoms with Gasteiger partial charge >= 0.3 is 0 Å². The maximum atomic E-state index is 12.8. The zero-order valence-electron chi connectivity index (χ0n) is 13.1. The Morgan fingerprint density at radius 2 is 1.67 bits per heavy atom. The van der Waals surface area contributed by atoms with E-state index >= 15 is 0 Å². The molecule has 0 aromatic heterocycles. The van der Waals surface area contributed by atoms with Crippen LogP contribution in [-0.4, -0.2) is 43.0 Å². The smallest absolute Gasteiger partial charge is 0.155 e. The van der Waals surface area contributed by atoms with Crippen molar-refractivity contribution in [1.29, 1.82) is 0 Å². The van der Waals surface area contributed by atoms with E-state index in [1.165, 1.54) is 0 Å². The Balaban J connectivity index is 5.01. The molecule has 0 aliphatic carbocycles. The number of nitrogens with zero attached hydrogens (tertiary/aromatic N) is 1. The molecule has 0 amide bonds. The lowest BCUT2D eigenvalue weighted by Crippen LogP contribution is -2.55. The van der Waals surface area contributed by atoms with E-state index in [2.05, 4.69) is 32.6 Å². The minimum Gasteiger partial charge on any atom is -0.385 e. The molecule has 0 fully saturated rings. The molecule has 0 N–H and O–H groups in total. The molecule has 0 bridgehead atoms. The minimum atomic E-state index is -0.281. The number of hydrogen-bond donors (Lipinski definition) is 0. The summed E-state index contributed by atoms with van der Waals surface area (Å²) in [4.78, 5) is 15.1. The number of Topliss-reactive ketones (excluding diaryl/α,β-unsaturated/α-hetero) is 1. The van der Waals surface area contributed by atoms with Gasteiger partial charge in [-0.25, -0.2) is 0 Å². The van der Waals surface area contributed by atoms with Gasteiger partial charge in [0, 0.05) is 19.6 Å². The van der Waals surface area contributed by atoms with Crippen LogP contribution in [0.5, 0.6) is 0 Å². The Morgan fingerprint density at radius 3 is 2.00 bits per heavy atom. The van der Waals surface area contributed by atoms with E-state index in [1.54, 1.807) is 7.11 Å². The molecule has 0 aliphatic rings. The predicted octanol–water partition coefficient (Wildman–Crippen LogP) is 3.13. The molecule has 0 aromatic carbocycles. The fourth-order valence-corrected chi connectivity index (χ4v) is 2.91. The van der Waals surface area contributed by atoms with Crippen LogP contribution in [-0.2, 0) is 9.53 Å². The van der Waals surface area contributed by atoms with Crippen molar-refractivity contribution in [2.45, 2.75) is 59.4 Å². The Morgan fingerprint density at radius 1 is 1.17 bits per heavy atom. The molecular weight excluding hydrogens is 226 g/mol. The number of hydrogen-bond acceptors (Lipinski definition) is 3. The Bertz CT molecular complexity index is 233. The second kappa shape index (κ2) is 8.65. The third-order valence-corrected chi connectivity index (χ3v) is 4.20. The van der Waals surface area contributed by atoms with Gasteiger partial charge in [-0.05, 0) is 32.4 Å². The molecule has 1 unspecified atom stereocenters. The van der Waals surface area contributed by atoms with E-state index in [-0.39, 0.29) is 11.5 Å². The van der Waals surface area contributed by atoms with Gasteiger partial charge in [0.05, 0.1) is 5.54 Å². The number of likely N-dealkylation sites (N-methyl/N-ethyl adjacent to an activating group) is 1. The highest BCUT2D eigenvalue weighted by Gasteiger charge is 2.40. The molecule has 0 heterocycles. The van der Waals surface area contributed by atoms with Crippen LogP contribution in [0.4, 0.5) is 0 Å². The van der Waals surface area contributed by atoms with E-state index in [9.17, 15) is 4.79 Å². The lowest BCUT2D eigenvalue weighted by Gasteiger charge is -2.42. The molecule has 3 nitrogen and oxygen atoms in total. The summed E-state index contributed by atoms with van der Waals surface area (Å²) in [7, 11) is 1.69. The molecule has 0 aliphatic heterocycles. The molecule has 108 valence electrons. The van der Waals surface area contributed by atoms with Crippen LogP contribution in [0.2, 0.25) is 0 Å². The summed E-state index contributed by atoms with van der Waals surface area (Å²) in [5.74, 6) is 0.457. The summed E-state index contributed by atoms with van der Waals surface area (Å²) < 4.78 is 5.09. The van der Waals surface area contributed by atoms with Crippen molar-refractivity contribution in [2.24, 2.45) is 5.92 Å². The third kappa shape index (κ3) is 3.79. The molecule has 0 radical (unpaired) electrons. The molecular formula is C15H31NO2. The third-order valence-electron chi connectivity index (χ3n) is 4.20. The van der Waals surface area contributed by atoms with E-state index in [0.29, 0.717) is 12.4 Å². The predicted molar refractivity (Wildman–Crippen MR) is 76.9 cm³/mol. The number of ether oxygens (including phenoxy) is 1. The first-order valence-electron chi connectivity index (χ1n) is 7.32. The average molecular weight is 257 g/mol. The van der Waals surface area contributed by atoms with Crippen molar-refractivity contribution in [3.63, 3.8) is 0 Å². The van der Waals surface area contributed by atoms with Crippen molar-refractivity contribution in [1.82, 2.24) is 4.90 Å². The van der Waals surface area contributed by atoms with Gasteiger partial charge in [0.15, 0.2) is 5.78 Å². The molecule has 0 saturated carbocycles. The molecule has 18 heavy (non-hydrogen) atoms. The second-order valence-electron chi connectivity index (χ2n) is 4.96. The molecule has 3 heteroatoms. The van der Waals surface area contributed by atoms with Crippen molar-refractivity contribution >= 4 is 5.78 Å². The van der Waals surface area contributed by atoms with Gasteiger partial charge in [0.25, 0.3) is 0 Å². The van der Waals surface area contributed by atoms with E-state index in [4.69, 9.17) is 4.74 Å². The first-order valence-corrected chi connectivity index (χ1v) is 7.32. The maximum absolute atomic E-state index is 12.8. The maximum Gasteiger partial charge on any atom is 0.155 e. The van der Waals surface area contributed by atoms with Crippen LogP contribution in [0.15, 0.2) is 0 Å². The molecule has 1 atom stereocenters. The van der Waals surface area contributed by atoms with Crippen molar-refractivity contribution < 1.29 is 9.53 Å². The fraction of sp³-hybridized carbons (Fsp3) is 0.933. The lowest BCUT2D eigenvalue weighted by molar-refractivity contribution is -0.136. The number of ketones is 1. The highest BCUT2D eigenvalue weighted by atomic mass is 16.5. The van der Waals surface area contributed by atoms with Crippen LogP contribution in [0, 0.1) is 5.92 Å². The summed E-state index contributed by atoms with van der Waals surface area (Å²) in [5, 5.41) is 0. The van der Waals surface area contributed by atoms with E-state index in [0.717, 1.165) is 32.4 Å². The lowest BCUT2D eigenvalue weighted by atomic mass is 9.79. The highest BCUT2D eigenvalue weighted by Crippen LogP contribution is 2.29. The number of carbonyl (C=O) groups excluding carboxylic acids is 1. The van der Waals surface area contributed by atoms with Gasteiger partial charge < -0.3 is 4.74 Å². The van der Waals surface area contributed by atoms with Gasteiger partial charge in [-0.1, -0.05) is 34.6 Å². The number of rotatable bonds is 10. The van der Waals surface area contributed by atoms with Crippen molar-refractivity contribution in [2.75, 3.05) is 26.8 Å². The standard InChI is InChI=1S/C15H31NO2/c1-7-15(8-2,16(9-3)10-4)14(17)13(5)11-12-18-6/h13H,7-12H2,1-6H3. The van der Waals surface area contributed by atoms with Crippen LogP contribution in [0.1, 0.15) is 53.9 Å². The summed E-state index contributed by atoms with van der Waals surface area (Å²) >= 11 is 0. The normalized spacial score (nSPS) is 13.9. The first-order chi connectivity index (χ1) is 8.53. The van der Waals surface area contributed by atoms with Crippen LogP contribution >= 0.6 is 0 Å². The SMILES string of the molecule is CCN(CC)C(CC)(CC)C(=O)C(C)CCOC. The molecule has 0 spiro atoms. The van der Waals surface area contributed by atoms with Crippen LogP contribution in [0.25, 0.3) is 0 Å². The largest absolute Gasteiger partial charge is 0.385 e. The van der Waals surface area contributed by atoms with Crippen LogP contribution < -0.4 is 0 Å².